The second kappa shape index (κ2) is 4.70. The van der Waals surface area contributed by atoms with Crippen LogP contribution in [0.4, 0.5) is 8.78 Å². The number of nitrogens with zero attached hydrogens (tertiary/aromatic N) is 1. The number of hydrogen-bond acceptors (Lipinski definition) is 3. The predicted octanol–water partition coefficient (Wildman–Crippen LogP) is 0.826. The van der Waals surface area contributed by atoms with Crippen molar-refractivity contribution in [1.29, 1.82) is 0 Å². The van der Waals surface area contributed by atoms with Crippen LogP contribution < -0.4 is 5.73 Å². The number of carbonyl (C=O) groups excluding carboxylic acids is 1. The molecule has 0 aromatic rings. The first kappa shape index (κ1) is 14.2. The fraction of sp³-hybridized carbons (Fsp3) is 0.833. The highest BCUT2D eigenvalue weighted by molar-refractivity contribution is 5.84. The minimum atomic E-state index is -2.67. The maximum atomic E-state index is 13.0. The third-order valence-electron chi connectivity index (χ3n) is 4.10. The molecule has 0 aromatic carbocycles. The van der Waals surface area contributed by atoms with Crippen LogP contribution in [0.25, 0.3) is 0 Å². The highest BCUT2D eigenvalue weighted by atomic mass is 19.3. The molecule has 2 aliphatic rings. The summed E-state index contributed by atoms with van der Waals surface area (Å²) in [5.74, 6) is -4.45. The average Bonchev–Trinajstić information content (AvgIpc) is 2.72. The van der Waals surface area contributed by atoms with E-state index in [1.54, 1.807) is 0 Å². The summed E-state index contributed by atoms with van der Waals surface area (Å²) in [5, 5.41) is 8.99. The van der Waals surface area contributed by atoms with Crippen LogP contribution >= 0.6 is 0 Å². The Labute approximate surface area is 109 Å². The van der Waals surface area contributed by atoms with Gasteiger partial charge in [0.25, 0.3) is 0 Å². The van der Waals surface area contributed by atoms with Gasteiger partial charge >= 0.3 is 5.97 Å². The molecule has 1 heterocycles. The van der Waals surface area contributed by atoms with Gasteiger partial charge in [0.15, 0.2) is 0 Å². The van der Waals surface area contributed by atoms with E-state index < -0.39 is 23.3 Å². The molecule has 19 heavy (non-hydrogen) atoms. The Morgan fingerprint density at radius 3 is 2.26 bits per heavy atom. The monoisotopic (exact) mass is 276 g/mol. The van der Waals surface area contributed by atoms with Crippen LogP contribution in [-0.2, 0) is 9.59 Å². The number of likely N-dealkylation sites (tertiary alicyclic amines) is 1. The number of nitrogens with two attached hydrogens (primary N) is 1. The molecular formula is C12H18F2N2O3. The molecule has 1 atom stereocenters. The van der Waals surface area contributed by atoms with E-state index in [0.717, 1.165) is 0 Å². The van der Waals surface area contributed by atoms with E-state index in [4.69, 9.17) is 10.8 Å². The van der Waals surface area contributed by atoms with Crippen LogP contribution in [0, 0.1) is 5.92 Å². The average molecular weight is 276 g/mol. The Kier molecular flexibility index (Phi) is 3.51. The standard InChI is InChI=1S/C12H18F2N2O3/c13-12(14)3-1-8(2-4-12)9(17)16-6-5-11(15,7-16)10(18)19/h8H,1-7,15H2,(H,18,19). The Morgan fingerprint density at radius 2 is 1.79 bits per heavy atom. The summed E-state index contributed by atoms with van der Waals surface area (Å²) >= 11 is 0. The molecule has 108 valence electrons. The van der Waals surface area contributed by atoms with Gasteiger partial charge in [-0.05, 0) is 19.3 Å². The van der Waals surface area contributed by atoms with Crippen molar-refractivity contribution in [1.82, 2.24) is 4.90 Å². The van der Waals surface area contributed by atoms with Gasteiger partial charge in [0.2, 0.25) is 11.8 Å². The van der Waals surface area contributed by atoms with Crippen molar-refractivity contribution in [2.24, 2.45) is 11.7 Å². The third-order valence-corrected chi connectivity index (χ3v) is 4.10. The van der Waals surface area contributed by atoms with E-state index in [-0.39, 0.29) is 51.1 Å². The first-order valence-electron chi connectivity index (χ1n) is 6.42. The summed E-state index contributed by atoms with van der Waals surface area (Å²) in [5.41, 5.74) is 4.29. The minimum Gasteiger partial charge on any atom is -0.480 e. The topological polar surface area (TPSA) is 83.6 Å². The summed E-state index contributed by atoms with van der Waals surface area (Å²) in [7, 11) is 0. The molecule has 1 unspecified atom stereocenters. The minimum absolute atomic E-state index is 0.0337. The van der Waals surface area contributed by atoms with Gasteiger partial charge < -0.3 is 15.7 Å². The quantitative estimate of drug-likeness (QED) is 0.782. The van der Waals surface area contributed by atoms with E-state index in [2.05, 4.69) is 0 Å². The maximum absolute atomic E-state index is 13.0. The zero-order valence-electron chi connectivity index (χ0n) is 10.6. The van der Waals surface area contributed by atoms with Crippen molar-refractivity contribution in [3.05, 3.63) is 0 Å². The van der Waals surface area contributed by atoms with Gasteiger partial charge in [-0.1, -0.05) is 0 Å². The predicted molar refractivity (Wildman–Crippen MR) is 62.7 cm³/mol. The van der Waals surface area contributed by atoms with E-state index in [9.17, 15) is 18.4 Å². The van der Waals surface area contributed by atoms with Crippen molar-refractivity contribution in [3.8, 4) is 0 Å². The largest absolute Gasteiger partial charge is 0.480 e. The Morgan fingerprint density at radius 1 is 1.21 bits per heavy atom. The highest BCUT2D eigenvalue weighted by Crippen LogP contribution is 2.37. The van der Waals surface area contributed by atoms with Crippen molar-refractivity contribution in [2.45, 2.75) is 43.6 Å². The van der Waals surface area contributed by atoms with Gasteiger partial charge in [-0.25, -0.2) is 8.78 Å². The molecule has 1 aliphatic heterocycles. The molecule has 1 aliphatic carbocycles. The fourth-order valence-electron chi connectivity index (χ4n) is 2.74. The van der Waals surface area contributed by atoms with Gasteiger partial charge in [-0.3, -0.25) is 9.59 Å². The van der Waals surface area contributed by atoms with E-state index in [1.165, 1.54) is 4.90 Å². The van der Waals surface area contributed by atoms with Crippen molar-refractivity contribution < 1.29 is 23.5 Å². The van der Waals surface area contributed by atoms with Crippen LogP contribution in [0.2, 0.25) is 0 Å². The number of carboxylic acid groups (broad SMARTS) is 1. The van der Waals surface area contributed by atoms with E-state index in [1.807, 2.05) is 0 Å². The summed E-state index contributed by atoms with van der Waals surface area (Å²) in [6.45, 7) is 0.253. The smallest absolute Gasteiger partial charge is 0.325 e. The normalized spacial score (nSPS) is 31.4. The molecule has 0 spiro atoms. The lowest BCUT2D eigenvalue weighted by atomic mass is 9.86. The number of carbonyl (C=O) groups is 2. The lowest BCUT2D eigenvalue weighted by Gasteiger charge is -2.30. The second-order valence-electron chi connectivity index (χ2n) is 5.60. The first-order chi connectivity index (χ1) is 8.73. The van der Waals surface area contributed by atoms with Crippen LogP contribution in [0.15, 0.2) is 0 Å². The van der Waals surface area contributed by atoms with Crippen LogP contribution in [0.5, 0.6) is 0 Å². The molecular weight excluding hydrogens is 258 g/mol. The third kappa shape index (κ3) is 2.86. The summed E-state index contributed by atoms with van der Waals surface area (Å²) in [6, 6.07) is 0. The molecule has 1 saturated carbocycles. The molecule has 2 rings (SSSR count). The number of halogens is 2. The molecule has 1 saturated heterocycles. The molecule has 1 amide bonds. The van der Waals surface area contributed by atoms with Crippen LogP contribution in [-0.4, -0.2) is 46.4 Å². The Hall–Kier alpha value is -1.24. The van der Waals surface area contributed by atoms with Gasteiger partial charge in [0, 0.05) is 31.8 Å². The van der Waals surface area contributed by atoms with Gasteiger partial charge in [-0.15, -0.1) is 0 Å². The van der Waals surface area contributed by atoms with Gasteiger partial charge in [0.1, 0.15) is 5.54 Å². The molecule has 0 bridgehead atoms. The number of amides is 1. The molecule has 2 fully saturated rings. The number of aliphatic carboxylic acids is 1. The number of carboxylic acids is 1. The van der Waals surface area contributed by atoms with Crippen molar-refractivity contribution in [3.63, 3.8) is 0 Å². The zero-order chi connectivity index (χ0) is 14.3. The number of alkyl halides is 2. The molecule has 0 aromatic heterocycles. The van der Waals surface area contributed by atoms with Crippen LogP contribution in [0.1, 0.15) is 32.1 Å². The highest BCUT2D eigenvalue weighted by Gasteiger charge is 2.45. The van der Waals surface area contributed by atoms with Crippen LogP contribution in [0.3, 0.4) is 0 Å². The lowest BCUT2D eigenvalue weighted by Crippen LogP contribution is -2.51. The molecule has 5 nitrogen and oxygen atoms in total. The lowest BCUT2D eigenvalue weighted by molar-refractivity contribution is -0.143. The molecule has 3 N–H and O–H groups in total. The maximum Gasteiger partial charge on any atom is 0.325 e. The second-order valence-corrected chi connectivity index (χ2v) is 5.60. The summed E-state index contributed by atoms with van der Waals surface area (Å²) < 4.78 is 26.0. The van der Waals surface area contributed by atoms with E-state index >= 15 is 0 Å². The summed E-state index contributed by atoms with van der Waals surface area (Å²) in [4.78, 5) is 24.6. The van der Waals surface area contributed by atoms with Gasteiger partial charge in [-0.2, -0.15) is 0 Å². The fourth-order valence-corrected chi connectivity index (χ4v) is 2.74. The number of hydrogen-bond donors (Lipinski definition) is 2. The van der Waals surface area contributed by atoms with Gasteiger partial charge in [0.05, 0.1) is 0 Å². The Bertz CT molecular complexity index is 392. The van der Waals surface area contributed by atoms with Crippen molar-refractivity contribution in [2.75, 3.05) is 13.1 Å². The SMILES string of the molecule is NC1(C(=O)O)CCN(C(=O)C2CCC(F)(F)CC2)C1. The zero-order valence-corrected chi connectivity index (χ0v) is 10.6. The summed E-state index contributed by atoms with van der Waals surface area (Å²) in [6.07, 6.45) is -0.0230. The number of rotatable bonds is 2. The van der Waals surface area contributed by atoms with E-state index in [0.29, 0.717) is 0 Å². The van der Waals surface area contributed by atoms with Crippen molar-refractivity contribution >= 4 is 11.9 Å². The molecule has 7 heteroatoms. The Balaban J connectivity index is 1.94. The first-order valence-corrected chi connectivity index (χ1v) is 6.42. The molecule has 0 radical (unpaired) electrons.